The van der Waals surface area contributed by atoms with Crippen LogP contribution in [0.5, 0.6) is 0 Å². The Balaban J connectivity index is 2.25. The zero-order valence-electron chi connectivity index (χ0n) is 11.2. The van der Waals surface area contributed by atoms with Crippen LogP contribution >= 0.6 is 15.9 Å². The van der Waals surface area contributed by atoms with Crippen molar-refractivity contribution in [3.63, 3.8) is 0 Å². The van der Waals surface area contributed by atoms with Gasteiger partial charge in [0, 0.05) is 27.5 Å². The normalized spacial score (nSPS) is 11.5. The fourth-order valence-corrected chi connectivity index (χ4v) is 2.52. The van der Waals surface area contributed by atoms with E-state index in [-0.39, 0.29) is 5.56 Å². The van der Waals surface area contributed by atoms with Crippen LogP contribution in [-0.4, -0.2) is 14.8 Å². The van der Waals surface area contributed by atoms with Crippen LogP contribution in [-0.2, 0) is 6.54 Å². The molecule has 0 saturated heterocycles. The maximum absolute atomic E-state index is 13.3. The minimum atomic E-state index is -2.56. The number of alkyl halides is 2. The summed E-state index contributed by atoms with van der Waals surface area (Å²) in [6.45, 7) is 2.49. The number of rotatable bonds is 3. The van der Waals surface area contributed by atoms with Crippen molar-refractivity contribution in [2.45, 2.75) is 19.9 Å². The van der Waals surface area contributed by atoms with Gasteiger partial charge in [-0.1, -0.05) is 28.1 Å². The Morgan fingerprint density at radius 1 is 1.24 bits per heavy atom. The summed E-state index contributed by atoms with van der Waals surface area (Å²) in [6, 6.07) is 8.86. The summed E-state index contributed by atoms with van der Waals surface area (Å²) in [4.78, 5) is 4.50. The largest absolute Gasteiger partial charge is 0.264 e. The second-order valence-electron chi connectivity index (χ2n) is 4.60. The average Bonchev–Trinajstić information content (AvgIpc) is 2.89. The number of hydrogen-bond acceptors (Lipinski definition) is 2. The SMILES string of the molecule is CCn1ncc2c(C(F)F)cc(-c3ccc(Br)cc3)nc21. The highest BCUT2D eigenvalue weighted by Gasteiger charge is 2.17. The lowest BCUT2D eigenvalue weighted by molar-refractivity contribution is 0.153. The molecule has 21 heavy (non-hydrogen) atoms. The standard InChI is InChI=1S/C15H12BrF2N3/c1-2-21-15-12(8-19-21)11(14(17)18)7-13(20-15)9-3-5-10(16)6-4-9/h3-8,14H,2H2,1H3. The molecular weight excluding hydrogens is 340 g/mol. The molecule has 0 aliphatic rings. The molecule has 0 spiro atoms. The molecule has 6 heteroatoms. The molecule has 0 fully saturated rings. The van der Waals surface area contributed by atoms with Crippen molar-refractivity contribution in [2.75, 3.05) is 0 Å². The molecule has 0 aliphatic carbocycles. The number of fused-ring (bicyclic) bond motifs is 1. The van der Waals surface area contributed by atoms with E-state index in [1.807, 2.05) is 31.2 Å². The molecule has 3 nitrogen and oxygen atoms in total. The van der Waals surface area contributed by atoms with Gasteiger partial charge in [0.15, 0.2) is 5.65 Å². The van der Waals surface area contributed by atoms with E-state index in [0.29, 0.717) is 23.3 Å². The first-order valence-corrected chi connectivity index (χ1v) is 7.30. The summed E-state index contributed by atoms with van der Waals surface area (Å²) < 4.78 is 29.2. The molecule has 2 aromatic heterocycles. The highest BCUT2D eigenvalue weighted by atomic mass is 79.9. The Bertz CT molecular complexity index is 781. The molecule has 0 aliphatic heterocycles. The van der Waals surface area contributed by atoms with E-state index in [0.717, 1.165) is 10.0 Å². The van der Waals surface area contributed by atoms with Crippen molar-refractivity contribution in [1.82, 2.24) is 14.8 Å². The molecule has 0 saturated carbocycles. The number of hydrogen-bond donors (Lipinski definition) is 0. The van der Waals surface area contributed by atoms with Crippen molar-refractivity contribution in [3.8, 4) is 11.3 Å². The van der Waals surface area contributed by atoms with Gasteiger partial charge < -0.3 is 0 Å². The number of aryl methyl sites for hydroxylation is 1. The number of pyridine rings is 1. The molecule has 3 aromatic rings. The summed E-state index contributed by atoms with van der Waals surface area (Å²) in [5, 5.41) is 4.53. The van der Waals surface area contributed by atoms with Gasteiger partial charge in [0.05, 0.1) is 11.9 Å². The molecule has 2 heterocycles. The smallest absolute Gasteiger partial charge is 0.248 e. The fourth-order valence-electron chi connectivity index (χ4n) is 2.25. The third-order valence-corrected chi connectivity index (χ3v) is 3.84. The first-order valence-electron chi connectivity index (χ1n) is 6.50. The van der Waals surface area contributed by atoms with Gasteiger partial charge in [0.25, 0.3) is 6.43 Å². The van der Waals surface area contributed by atoms with Crippen molar-refractivity contribution < 1.29 is 8.78 Å². The van der Waals surface area contributed by atoms with Gasteiger partial charge >= 0.3 is 0 Å². The first kappa shape index (κ1) is 14.1. The van der Waals surface area contributed by atoms with E-state index in [9.17, 15) is 8.78 Å². The summed E-state index contributed by atoms with van der Waals surface area (Å²) in [6.07, 6.45) is -1.10. The van der Waals surface area contributed by atoms with Crippen LogP contribution in [0.25, 0.3) is 22.3 Å². The predicted octanol–water partition coefficient (Wildman–Crippen LogP) is 4.82. The van der Waals surface area contributed by atoms with Crippen LogP contribution in [0.3, 0.4) is 0 Å². The van der Waals surface area contributed by atoms with Crippen LogP contribution < -0.4 is 0 Å². The Kier molecular flexibility index (Phi) is 3.71. The third kappa shape index (κ3) is 2.55. The van der Waals surface area contributed by atoms with Gasteiger partial charge in [-0.2, -0.15) is 5.10 Å². The van der Waals surface area contributed by atoms with Gasteiger partial charge in [-0.15, -0.1) is 0 Å². The highest BCUT2D eigenvalue weighted by molar-refractivity contribution is 9.10. The van der Waals surface area contributed by atoms with E-state index in [2.05, 4.69) is 26.0 Å². The molecule has 0 bridgehead atoms. The lowest BCUT2D eigenvalue weighted by Gasteiger charge is -2.08. The van der Waals surface area contributed by atoms with Gasteiger partial charge in [0.2, 0.25) is 0 Å². The van der Waals surface area contributed by atoms with Crippen molar-refractivity contribution in [2.24, 2.45) is 0 Å². The second-order valence-corrected chi connectivity index (χ2v) is 5.52. The topological polar surface area (TPSA) is 30.7 Å². The first-order chi connectivity index (χ1) is 10.1. The Morgan fingerprint density at radius 2 is 1.95 bits per heavy atom. The minimum absolute atomic E-state index is 0.0300. The number of benzene rings is 1. The molecule has 0 N–H and O–H groups in total. The van der Waals surface area contributed by atoms with Gasteiger partial charge in [-0.25, -0.2) is 18.4 Å². The van der Waals surface area contributed by atoms with Gasteiger partial charge in [-0.3, -0.25) is 0 Å². The van der Waals surface area contributed by atoms with Crippen LogP contribution in [0.2, 0.25) is 0 Å². The molecule has 3 rings (SSSR count). The Labute approximate surface area is 128 Å². The monoisotopic (exact) mass is 351 g/mol. The Hall–Kier alpha value is -1.82. The van der Waals surface area contributed by atoms with E-state index in [4.69, 9.17) is 0 Å². The molecular formula is C15H12BrF2N3. The zero-order chi connectivity index (χ0) is 15.0. The lowest BCUT2D eigenvalue weighted by atomic mass is 10.1. The van der Waals surface area contributed by atoms with Crippen molar-refractivity contribution in [1.29, 1.82) is 0 Å². The quantitative estimate of drug-likeness (QED) is 0.677. The van der Waals surface area contributed by atoms with Crippen LogP contribution in [0.4, 0.5) is 8.78 Å². The van der Waals surface area contributed by atoms with Gasteiger partial charge in [0.1, 0.15) is 0 Å². The molecule has 0 atom stereocenters. The maximum Gasteiger partial charge on any atom is 0.264 e. The number of nitrogens with zero attached hydrogens (tertiary/aromatic N) is 3. The molecule has 108 valence electrons. The van der Waals surface area contributed by atoms with E-state index in [1.165, 1.54) is 12.3 Å². The molecule has 1 aromatic carbocycles. The predicted molar refractivity (Wildman–Crippen MR) is 81.3 cm³/mol. The summed E-state index contributed by atoms with van der Waals surface area (Å²) in [5.74, 6) is 0. The molecule has 0 amide bonds. The summed E-state index contributed by atoms with van der Waals surface area (Å²) in [5.41, 5.74) is 1.79. The average molecular weight is 352 g/mol. The highest BCUT2D eigenvalue weighted by Crippen LogP contribution is 2.31. The van der Waals surface area contributed by atoms with Crippen molar-refractivity contribution >= 4 is 27.0 Å². The molecule has 0 radical (unpaired) electrons. The third-order valence-electron chi connectivity index (χ3n) is 3.32. The summed E-state index contributed by atoms with van der Waals surface area (Å²) >= 11 is 3.36. The molecule has 0 unspecified atom stereocenters. The van der Waals surface area contributed by atoms with E-state index < -0.39 is 6.43 Å². The van der Waals surface area contributed by atoms with E-state index >= 15 is 0 Å². The minimum Gasteiger partial charge on any atom is -0.248 e. The van der Waals surface area contributed by atoms with E-state index in [1.54, 1.807) is 4.68 Å². The van der Waals surface area contributed by atoms with Gasteiger partial charge in [-0.05, 0) is 25.1 Å². The lowest BCUT2D eigenvalue weighted by Crippen LogP contribution is -1.99. The van der Waals surface area contributed by atoms with Crippen LogP contribution in [0.15, 0.2) is 41.0 Å². The number of halogens is 3. The fraction of sp³-hybridized carbons (Fsp3) is 0.200. The van der Waals surface area contributed by atoms with Crippen LogP contribution in [0.1, 0.15) is 18.9 Å². The maximum atomic E-state index is 13.3. The summed E-state index contributed by atoms with van der Waals surface area (Å²) in [7, 11) is 0. The Morgan fingerprint density at radius 3 is 2.57 bits per heavy atom. The number of aromatic nitrogens is 3. The van der Waals surface area contributed by atoms with Crippen LogP contribution in [0, 0.1) is 0 Å². The second kappa shape index (κ2) is 5.52. The van der Waals surface area contributed by atoms with Crippen molar-refractivity contribution in [3.05, 3.63) is 46.6 Å². The zero-order valence-corrected chi connectivity index (χ0v) is 12.8.